The minimum atomic E-state index is 0.0687. The lowest BCUT2D eigenvalue weighted by Crippen LogP contribution is -2.47. The monoisotopic (exact) mass is 1400 g/mol. The van der Waals surface area contributed by atoms with Crippen molar-refractivity contribution in [1.82, 2.24) is 39.2 Å². The minimum absolute atomic E-state index is 0.0687. The number of rotatable bonds is 33. The van der Waals surface area contributed by atoms with Gasteiger partial charge in [0.1, 0.15) is 0 Å². The van der Waals surface area contributed by atoms with E-state index in [0.717, 1.165) is 168 Å². The summed E-state index contributed by atoms with van der Waals surface area (Å²) in [5.74, 6) is 2.89. The predicted octanol–water partition coefficient (Wildman–Crippen LogP) is 18.7. The highest BCUT2D eigenvalue weighted by Gasteiger charge is 2.28. The first kappa shape index (κ1) is 94.9. The van der Waals surface area contributed by atoms with Crippen LogP contribution >= 0.6 is 0 Å². The van der Waals surface area contributed by atoms with E-state index in [0.29, 0.717) is 41.9 Å². The molecule has 1 unspecified atom stereocenters. The molecule has 15 nitrogen and oxygen atoms in total. The second kappa shape index (κ2) is 64.8. The van der Waals surface area contributed by atoms with Crippen LogP contribution in [0.1, 0.15) is 324 Å². The fourth-order valence-electron chi connectivity index (χ4n) is 13.0. The Hall–Kier alpha value is -5.05. The number of likely N-dealkylation sites (tertiary alicyclic amines) is 4. The van der Waals surface area contributed by atoms with Crippen molar-refractivity contribution in [3.05, 3.63) is 60.2 Å². The fraction of sp³-hybridized carbons (Fsp3) is 0.800. The molecule has 5 saturated heterocycles. The smallest absolute Gasteiger partial charge is 0.246 e. The van der Waals surface area contributed by atoms with Gasteiger partial charge >= 0.3 is 0 Å². The van der Waals surface area contributed by atoms with Crippen molar-refractivity contribution in [1.29, 1.82) is 0 Å². The number of piperidine rings is 4. The second-order valence-electron chi connectivity index (χ2n) is 29.1. The first-order valence-electron chi connectivity index (χ1n) is 41.2. The van der Waals surface area contributed by atoms with Crippen molar-refractivity contribution in [2.24, 2.45) is 11.8 Å². The zero-order chi connectivity index (χ0) is 74.4. The molecule has 1 aromatic carbocycles. The van der Waals surface area contributed by atoms with Gasteiger partial charge in [-0.3, -0.25) is 33.6 Å². The normalized spacial score (nSPS) is 15.8. The van der Waals surface area contributed by atoms with Gasteiger partial charge in [0, 0.05) is 144 Å². The van der Waals surface area contributed by atoms with Gasteiger partial charge in [0.05, 0.1) is 5.92 Å². The van der Waals surface area contributed by atoms with Crippen LogP contribution in [0.4, 0.5) is 0 Å². The number of benzene rings is 1. The summed E-state index contributed by atoms with van der Waals surface area (Å²) < 4.78 is 0. The molecule has 5 heterocycles. The van der Waals surface area contributed by atoms with Crippen LogP contribution < -0.4 is 0 Å². The van der Waals surface area contributed by atoms with E-state index in [1.54, 1.807) is 36.0 Å². The second-order valence-corrected chi connectivity index (χ2v) is 29.1. The van der Waals surface area contributed by atoms with Crippen molar-refractivity contribution in [3.63, 3.8) is 0 Å². The first-order chi connectivity index (χ1) is 48.3. The lowest BCUT2D eigenvalue weighted by molar-refractivity contribution is -0.137. The number of hydrogen-bond donors (Lipinski definition) is 0. The molecule has 0 saturated carbocycles. The molecule has 7 amide bonds. The number of allylic oxidation sites excluding steroid dienone is 3. The largest absolute Gasteiger partial charge is 0.349 e. The van der Waals surface area contributed by atoms with Crippen LogP contribution in [0.25, 0.3) is 0 Å². The summed E-state index contributed by atoms with van der Waals surface area (Å²) in [5.41, 5.74) is 1.19. The number of piperazine rings is 1. The molecule has 100 heavy (non-hydrogen) atoms. The van der Waals surface area contributed by atoms with Gasteiger partial charge in [-0.15, -0.1) is 0 Å². The maximum atomic E-state index is 12.7. The van der Waals surface area contributed by atoms with Gasteiger partial charge in [-0.1, -0.05) is 207 Å². The Morgan fingerprint density at radius 2 is 0.740 bits per heavy atom. The minimum Gasteiger partial charge on any atom is -0.349 e. The Balaban J connectivity index is 0.00000115. The molecule has 5 aliphatic heterocycles. The van der Waals surface area contributed by atoms with Gasteiger partial charge < -0.3 is 39.2 Å². The van der Waals surface area contributed by atoms with E-state index < -0.39 is 0 Å². The lowest BCUT2D eigenvalue weighted by atomic mass is 9.91. The molecule has 15 heteroatoms. The van der Waals surface area contributed by atoms with Gasteiger partial charge in [0.2, 0.25) is 41.4 Å². The summed E-state index contributed by atoms with van der Waals surface area (Å²) in [7, 11) is 9.42. The van der Waals surface area contributed by atoms with Crippen LogP contribution in [-0.4, -0.2) is 194 Å². The van der Waals surface area contributed by atoms with Crippen LogP contribution in [-0.2, 0) is 33.6 Å². The van der Waals surface area contributed by atoms with E-state index >= 15 is 0 Å². The molecule has 0 N–H and O–H groups in total. The van der Waals surface area contributed by atoms with Crippen molar-refractivity contribution in [2.75, 3.05) is 114 Å². The maximum Gasteiger partial charge on any atom is 0.246 e. The van der Waals surface area contributed by atoms with Crippen LogP contribution in [0.2, 0.25) is 0 Å². The van der Waals surface area contributed by atoms with Gasteiger partial charge in [-0.25, -0.2) is 0 Å². The Bertz CT molecular complexity index is 2210. The van der Waals surface area contributed by atoms with E-state index in [2.05, 4.69) is 89.3 Å². The van der Waals surface area contributed by atoms with E-state index in [1.165, 1.54) is 160 Å². The molecule has 0 aromatic heterocycles. The summed E-state index contributed by atoms with van der Waals surface area (Å²) in [6.45, 7) is 31.1. The fourth-order valence-corrected chi connectivity index (χ4v) is 13.0. The number of amides is 7. The Morgan fingerprint density at radius 3 is 1.13 bits per heavy atom. The Morgan fingerprint density at radius 1 is 0.380 bits per heavy atom. The average Bonchev–Trinajstić information content (AvgIpc) is 0.903. The highest BCUT2D eigenvalue weighted by Crippen LogP contribution is 2.27. The molecule has 6 rings (SSSR count). The number of carbonyl (C=O) groups is 7. The quantitative estimate of drug-likeness (QED) is 0.0384. The standard InChI is InChI=1S/C17H25NO.C15H29NO.C12H25NO.C11H22N2O.C11H21NO.C11H17NO.C8H17NO/c1-2-3-12-16(15-10-6-4-7-11-15)17(19)18-13-8-5-9-14-18;1-3-5-10-14(11-6-4-2)15(17)16-12-8-7-9-13-16;1-5-7-9-11(10-8-6-2)12(14)13(3)4;1-3-4-5-6-11(14)13-9-7-12(2)8-10-13;2*1-2-3-5-8-11(13)12-9-6-4-7-10-12;1-4-5-6-7-8(10)9(2)3/h4,6-7,10-11,16H,2-3,5,8-9,12-14H2,1H3;14H,3-13H2,1-2H3;11H,5-10H2,1-4H3;3-10H2,1-2H3;2-10H2,1H3;2-3,5,8H,4,6-7,9-10H2,1H3;4-7H2,1-3H3/b;;;;;3-2+,8-5+;. The lowest BCUT2D eigenvalue weighted by Gasteiger charge is -2.32. The number of likely N-dealkylation sites (N-methyl/N-ethyl adjacent to an activating group) is 1. The summed E-state index contributed by atoms with van der Waals surface area (Å²) in [5, 5.41) is 0. The predicted molar refractivity (Wildman–Crippen MR) is 423 cm³/mol. The zero-order valence-corrected chi connectivity index (χ0v) is 67.4. The third kappa shape index (κ3) is 47.3. The van der Waals surface area contributed by atoms with Crippen molar-refractivity contribution in [2.45, 2.75) is 319 Å². The molecular formula is C85H156N8O7. The van der Waals surface area contributed by atoms with Crippen LogP contribution in [0.5, 0.6) is 0 Å². The number of carbonyl (C=O) groups excluding carboxylic acids is 7. The maximum absolute atomic E-state index is 12.7. The Labute approximate surface area is 615 Å². The third-order valence-corrected chi connectivity index (χ3v) is 19.7. The molecule has 0 bridgehead atoms. The van der Waals surface area contributed by atoms with Crippen LogP contribution in [0, 0.1) is 11.8 Å². The van der Waals surface area contributed by atoms with E-state index in [-0.39, 0.29) is 23.7 Å². The topological polar surface area (TPSA) is 145 Å². The molecular weight excluding hydrogens is 1240 g/mol. The number of nitrogens with zero attached hydrogens (tertiary/aromatic N) is 8. The highest BCUT2D eigenvalue weighted by atomic mass is 16.2. The Kier molecular flexibility index (Phi) is 61.5. The van der Waals surface area contributed by atoms with E-state index in [9.17, 15) is 33.6 Å². The number of unbranched alkanes of at least 4 members (excludes halogenated alkanes) is 11. The van der Waals surface area contributed by atoms with Crippen LogP contribution in [0.15, 0.2) is 54.6 Å². The van der Waals surface area contributed by atoms with Crippen LogP contribution in [0.3, 0.4) is 0 Å². The summed E-state index contributed by atoms with van der Waals surface area (Å²) in [6.07, 6.45) is 51.5. The zero-order valence-electron chi connectivity index (χ0n) is 67.4. The highest BCUT2D eigenvalue weighted by molar-refractivity contribution is 5.88. The van der Waals surface area contributed by atoms with Gasteiger partial charge in [0.25, 0.3) is 0 Å². The SMILES string of the molecule is C/C=C/C=C/C(=O)N1CCCCC1.CCCCC(C(=O)N1CCCCC1)c1ccccc1.CCCCC(CCCC)C(=O)N(C)C.CCCCC(CCCC)C(=O)N1CCCCC1.CCCCCC(=O)N(C)C.CCCCCC(=O)N1CCCCC1.CCCCCC(=O)N1CCN(C)CC1. The molecule has 1 aromatic rings. The molecule has 0 aliphatic carbocycles. The molecule has 0 radical (unpaired) electrons. The van der Waals surface area contributed by atoms with E-state index in [1.807, 2.05) is 66.1 Å². The third-order valence-electron chi connectivity index (χ3n) is 19.7. The van der Waals surface area contributed by atoms with E-state index in [4.69, 9.17) is 0 Å². The molecule has 5 fully saturated rings. The average molecular weight is 1400 g/mol. The molecule has 578 valence electrons. The summed E-state index contributed by atoms with van der Waals surface area (Å²) in [6, 6.07) is 10.3. The van der Waals surface area contributed by atoms with Gasteiger partial charge in [-0.2, -0.15) is 0 Å². The first-order valence-corrected chi connectivity index (χ1v) is 41.2. The molecule has 5 aliphatic rings. The van der Waals surface area contributed by atoms with Gasteiger partial charge in [-0.05, 0) is 148 Å². The summed E-state index contributed by atoms with van der Waals surface area (Å²) >= 11 is 0. The van der Waals surface area contributed by atoms with Gasteiger partial charge in [0.15, 0.2) is 0 Å². The van der Waals surface area contributed by atoms with Crippen molar-refractivity contribution >= 4 is 41.4 Å². The summed E-state index contributed by atoms with van der Waals surface area (Å²) in [4.78, 5) is 98.5. The van der Waals surface area contributed by atoms with Crippen molar-refractivity contribution in [3.8, 4) is 0 Å². The van der Waals surface area contributed by atoms with Crippen molar-refractivity contribution < 1.29 is 33.6 Å². The molecule has 1 atom stereocenters. The number of hydrogen-bond acceptors (Lipinski definition) is 8. The molecule has 0 spiro atoms.